The molecule has 28 heavy (non-hydrogen) atoms. The molecule has 1 aromatic carbocycles. The Labute approximate surface area is 171 Å². The molecule has 2 aliphatic heterocycles. The quantitative estimate of drug-likeness (QED) is 0.784. The number of carbonyl (C=O) groups excluding carboxylic acids is 1. The molecule has 2 aromatic rings. The maximum Gasteiger partial charge on any atom is 0.236 e. The van der Waals surface area contributed by atoms with Gasteiger partial charge >= 0.3 is 0 Å². The Hall–Kier alpha value is -1.73. The molecule has 3 heterocycles. The highest BCUT2D eigenvalue weighted by atomic mass is 35.5. The van der Waals surface area contributed by atoms with Crippen LogP contribution in [0.1, 0.15) is 11.3 Å². The number of pyridine rings is 1. The molecule has 1 amide bonds. The van der Waals surface area contributed by atoms with Gasteiger partial charge in [-0.05, 0) is 18.6 Å². The zero-order chi connectivity index (χ0) is 19.5. The standard InChI is InChI=1S/C21H27ClN4O2/c1-16-17-4-2-3-5-18(17)23-19(21(16)22)14-24-6-8-26(9-7-24)20(27)15-25-10-12-28-13-11-25/h2-5H,6-15H2,1H3. The highest BCUT2D eigenvalue weighted by Crippen LogP contribution is 2.27. The summed E-state index contributed by atoms with van der Waals surface area (Å²) in [6.45, 7) is 9.61. The summed E-state index contributed by atoms with van der Waals surface area (Å²) in [5.41, 5.74) is 2.99. The van der Waals surface area contributed by atoms with Crippen molar-refractivity contribution in [2.75, 3.05) is 59.0 Å². The normalized spacial score (nSPS) is 19.3. The predicted molar refractivity (Wildman–Crippen MR) is 111 cm³/mol. The van der Waals surface area contributed by atoms with Crippen LogP contribution in [0.5, 0.6) is 0 Å². The van der Waals surface area contributed by atoms with Crippen LogP contribution >= 0.6 is 11.6 Å². The molecule has 4 rings (SSSR count). The van der Waals surface area contributed by atoms with Crippen LogP contribution in [0.2, 0.25) is 5.02 Å². The molecule has 0 radical (unpaired) electrons. The van der Waals surface area contributed by atoms with Crippen molar-refractivity contribution in [2.24, 2.45) is 0 Å². The van der Waals surface area contributed by atoms with Crippen molar-refractivity contribution in [3.05, 3.63) is 40.5 Å². The fraction of sp³-hybridized carbons (Fsp3) is 0.524. The van der Waals surface area contributed by atoms with Crippen molar-refractivity contribution in [3.8, 4) is 0 Å². The average Bonchev–Trinajstić information content (AvgIpc) is 2.73. The van der Waals surface area contributed by atoms with E-state index in [1.807, 2.05) is 23.1 Å². The topological polar surface area (TPSA) is 48.9 Å². The van der Waals surface area contributed by atoms with E-state index >= 15 is 0 Å². The molecule has 0 unspecified atom stereocenters. The van der Waals surface area contributed by atoms with E-state index in [4.69, 9.17) is 21.3 Å². The minimum atomic E-state index is 0.222. The largest absolute Gasteiger partial charge is 0.379 e. The molecular weight excluding hydrogens is 376 g/mol. The lowest BCUT2D eigenvalue weighted by atomic mass is 10.1. The second kappa shape index (κ2) is 8.74. The number of para-hydroxylation sites is 1. The number of fused-ring (bicyclic) bond motifs is 1. The van der Waals surface area contributed by atoms with Crippen LogP contribution in [0.15, 0.2) is 24.3 Å². The smallest absolute Gasteiger partial charge is 0.236 e. The number of halogens is 1. The maximum absolute atomic E-state index is 12.6. The number of benzene rings is 1. The number of ether oxygens (including phenoxy) is 1. The molecule has 0 spiro atoms. The number of nitrogens with zero attached hydrogens (tertiary/aromatic N) is 4. The first-order valence-corrected chi connectivity index (χ1v) is 10.3. The Morgan fingerprint density at radius 3 is 2.54 bits per heavy atom. The Balaban J connectivity index is 1.35. The van der Waals surface area contributed by atoms with Gasteiger partial charge in [0.15, 0.2) is 0 Å². The minimum absolute atomic E-state index is 0.222. The summed E-state index contributed by atoms with van der Waals surface area (Å²) in [5.74, 6) is 0.222. The van der Waals surface area contributed by atoms with Gasteiger partial charge in [-0.2, -0.15) is 0 Å². The van der Waals surface area contributed by atoms with Crippen LogP contribution in [0.4, 0.5) is 0 Å². The summed E-state index contributed by atoms with van der Waals surface area (Å²) in [7, 11) is 0. The summed E-state index contributed by atoms with van der Waals surface area (Å²) in [6.07, 6.45) is 0. The van der Waals surface area contributed by atoms with Crippen LogP contribution in [-0.4, -0.2) is 84.6 Å². The molecule has 6 nitrogen and oxygen atoms in total. The molecule has 150 valence electrons. The molecular formula is C21H27ClN4O2. The van der Waals surface area contributed by atoms with Crippen molar-refractivity contribution < 1.29 is 9.53 Å². The lowest BCUT2D eigenvalue weighted by Gasteiger charge is -2.36. The van der Waals surface area contributed by atoms with E-state index in [9.17, 15) is 4.79 Å². The van der Waals surface area contributed by atoms with E-state index in [2.05, 4.69) is 22.8 Å². The minimum Gasteiger partial charge on any atom is -0.379 e. The van der Waals surface area contributed by atoms with E-state index in [0.717, 1.165) is 86.2 Å². The van der Waals surface area contributed by atoms with Crippen LogP contribution in [0, 0.1) is 6.92 Å². The van der Waals surface area contributed by atoms with E-state index < -0.39 is 0 Å². The van der Waals surface area contributed by atoms with Gasteiger partial charge in [-0.25, -0.2) is 4.98 Å². The van der Waals surface area contributed by atoms with Gasteiger partial charge in [0.1, 0.15) is 0 Å². The van der Waals surface area contributed by atoms with E-state index in [0.29, 0.717) is 6.54 Å². The zero-order valence-electron chi connectivity index (χ0n) is 16.4. The molecule has 7 heteroatoms. The third-order valence-electron chi connectivity index (χ3n) is 5.71. The molecule has 0 aliphatic carbocycles. The van der Waals surface area contributed by atoms with Gasteiger partial charge < -0.3 is 9.64 Å². The number of hydrogen-bond donors (Lipinski definition) is 0. The third-order valence-corrected chi connectivity index (χ3v) is 6.21. The van der Waals surface area contributed by atoms with Crippen molar-refractivity contribution in [1.82, 2.24) is 19.7 Å². The van der Waals surface area contributed by atoms with Crippen molar-refractivity contribution >= 4 is 28.4 Å². The molecule has 2 fully saturated rings. The first-order valence-electron chi connectivity index (χ1n) is 9.96. The van der Waals surface area contributed by atoms with Gasteiger partial charge in [0.25, 0.3) is 0 Å². The maximum atomic E-state index is 12.6. The van der Waals surface area contributed by atoms with Crippen molar-refractivity contribution in [2.45, 2.75) is 13.5 Å². The first-order chi connectivity index (χ1) is 13.6. The number of hydrogen-bond acceptors (Lipinski definition) is 5. The molecule has 0 bridgehead atoms. The summed E-state index contributed by atoms with van der Waals surface area (Å²) >= 11 is 6.61. The zero-order valence-corrected chi connectivity index (χ0v) is 17.1. The van der Waals surface area contributed by atoms with Gasteiger partial charge in [0, 0.05) is 51.2 Å². The van der Waals surface area contributed by atoms with Gasteiger partial charge in [-0.1, -0.05) is 29.8 Å². The molecule has 2 saturated heterocycles. The Morgan fingerprint density at radius 2 is 1.79 bits per heavy atom. The first kappa shape index (κ1) is 19.6. The Morgan fingerprint density at radius 1 is 1.07 bits per heavy atom. The lowest BCUT2D eigenvalue weighted by molar-refractivity contribution is -0.135. The predicted octanol–water partition coefficient (Wildman–Crippen LogP) is 2.17. The molecule has 0 saturated carbocycles. The Bertz CT molecular complexity index is 846. The summed E-state index contributed by atoms with van der Waals surface area (Å²) in [6, 6.07) is 8.11. The van der Waals surface area contributed by atoms with E-state index in [1.54, 1.807) is 0 Å². The summed E-state index contributed by atoms with van der Waals surface area (Å²) in [5, 5.41) is 1.86. The molecule has 0 atom stereocenters. The monoisotopic (exact) mass is 402 g/mol. The van der Waals surface area contributed by atoms with E-state index in [1.165, 1.54) is 0 Å². The average molecular weight is 403 g/mol. The number of aromatic nitrogens is 1. The number of aryl methyl sites for hydroxylation is 1. The van der Waals surface area contributed by atoms with Crippen LogP contribution in [0.25, 0.3) is 10.9 Å². The fourth-order valence-corrected chi connectivity index (χ4v) is 4.14. The van der Waals surface area contributed by atoms with Crippen LogP contribution in [0.3, 0.4) is 0 Å². The summed E-state index contributed by atoms with van der Waals surface area (Å²) < 4.78 is 5.35. The Kier molecular flexibility index (Phi) is 6.11. The number of rotatable bonds is 4. The van der Waals surface area contributed by atoms with Gasteiger partial charge in [0.05, 0.1) is 36.0 Å². The molecule has 1 aromatic heterocycles. The third kappa shape index (κ3) is 4.30. The van der Waals surface area contributed by atoms with E-state index in [-0.39, 0.29) is 5.91 Å². The lowest BCUT2D eigenvalue weighted by Crippen LogP contribution is -2.52. The van der Waals surface area contributed by atoms with Gasteiger partial charge in [-0.15, -0.1) is 0 Å². The molecule has 2 aliphatic rings. The van der Waals surface area contributed by atoms with Crippen molar-refractivity contribution in [1.29, 1.82) is 0 Å². The number of carbonyl (C=O) groups is 1. The van der Waals surface area contributed by atoms with Crippen molar-refractivity contribution in [3.63, 3.8) is 0 Å². The second-order valence-electron chi connectivity index (χ2n) is 7.56. The van der Waals surface area contributed by atoms with Gasteiger partial charge in [0.2, 0.25) is 5.91 Å². The highest BCUT2D eigenvalue weighted by molar-refractivity contribution is 6.32. The van der Waals surface area contributed by atoms with Crippen LogP contribution < -0.4 is 0 Å². The fourth-order valence-electron chi connectivity index (χ4n) is 3.94. The highest BCUT2D eigenvalue weighted by Gasteiger charge is 2.24. The SMILES string of the molecule is Cc1c(Cl)c(CN2CCN(C(=O)CN3CCOCC3)CC2)nc2ccccc12. The van der Waals surface area contributed by atoms with Gasteiger partial charge in [-0.3, -0.25) is 14.6 Å². The summed E-state index contributed by atoms with van der Waals surface area (Å²) in [4.78, 5) is 23.8. The number of morpholine rings is 1. The number of amides is 1. The molecule has 0 N–H and O–H groups in total. The second-order valence-corrected chi connectivity index (χ2v) is 7.94. The van der Waals surface area contributed by atoms with Crippen LogP contribution in [-0.2, 0) is 16.1 Å². The number of piperazine rings is 1.